The molecular formula is C17H19N3O2S. The van der Waals surface area contributed by atoms with E-state index < -0.39 is 4.92 Å². The Labute approximate surface area is 140 Å². The minimum Gasteiger partial charge on any atom is -0.356 e. The lowest BCUT2D eigenvalue weighted by Gasteiger charge is -2.20. The standard InChI is InChI=1S/C17H19N3O2S/c1-3-16(13-6-4-12(2)5-7-13)19-17(23)18-14-8-10-15(11-9-14)20(21)22/h4-11,16H,3H2,1-2H3,(H2,18,19,23)/t16-/m0/s1. The monoisotopic (exact) mass is 329 g/mol. The van der Waals surface area contributed by atoms with E-state index >= 15 is 0 Å². The molecule has 0 saturated heterocycles. The molecule has 23 heavy (non-hydrogen) atoms. The van der Waals surface area contributed by atoms with Crippen LogP contribution >= 0.6 is 12.2 Å². The van der Waals surface area contributed by atoms with Crippen LogP contribution in [0.4, 0.5) is 11.4 Å². The molecule has 0 heterocycles. The van der Waals surface area contributed by atoms with E-state index in [1.54, 1.807) is 12.1 Å². The summed E-state index contributed by atoms with van der Waals surface area (Å²) in [6.07, 6.45) is 0.894. The van der Waals surface area contributed by atoms with Crippen LogP contribution in [0.2, 0.25) is 0 Å². The van der Waals surface area contributed by atoms with Crippen LogP contribution in [0.1, 0.15) is 30.5 Å². The Morgan fingerprint density at radius 3 is 2.30 bits per heavy atom. The van der Waals surface area contributed by atoms with Crippen LogP contribution in [0.15, 0.2) is 48.5 Å². The summed E-state index contributed by atoms with van der Waals surface area (Å²) < 4.78 is 0. The van der Waals surface area contributed by atoms with Crippen LogP contribution in [-0.2, 0) is 0 Å². The van der Waals surface area contributed by atoms with Crippen molar-refractivity contribution in [1.29, 1.82) is 0 Å². The summed E-state index contributed by atoms with van der Waals surface area (Å²) in [5.41, 5.74) is 3.16. The van der Waals surface area contributed by atoms with Crippen molar-refractivity contribution in [3.8, 4) is 0 Å². The van der Waals surface area contributed by atoms with Gasteiger partial charge in [-0.05, 0) is 43.3 Å². The fraction of sp³-hybridized carbons (Fsp3) is 0.235. The number of non-ortho nitro benzene ring substituents is 1. The fourth-order valence-electron chi connectivity index (χ4n) is 2.21. The van der Waals surface area contributed by atoms with Crippen molar-refractivity contribution in [2.75, 3.05) is 5.32 Å². The zero-order valence-electron chi connectivity index (χ0n) is 13.1. The van der Waals surface area contributed by atoms with E-state index in [0.29, 0.717) is 10.8 Å². The highest BCUT2D eigenvalue weighted by Crippen LogP contribution is 2.18. The van der Waals surface area contributed by atoms with E-state index in [1.165, 1.54) is 23.3 Å². The topological polar surface area (TPSA) is 67.2 Å². The predicted molar refractivity (Wildman–Crippen MR) is 96.7 cm³/mol. The molecule has 5 nitrogen and oxygen atoms in total. The number of nitrogens with one attached hydrogen (secondary N) is 2. The maximum atomic E-state index is 10.6. The number of hydrogen-bond donors (Lipinski definition) is 2. The van der Waals surface area contributed by atoms with Crippen LogP contribution in [-0.4, -0.2) is 10.0 Å². The maximum Gasteiger partial charge on any atom is 0.269 e. The van der Waals surface area contributed by atoms with Crippen LogP contribution in [0.5, 0.6) is 0 Å². The van der Waals surface area contributed by atoms with Crippen molar-refractivity contribution < 1.29 is 4.92 Å². The largest absolute Gasteiger partial charge is 0.356 e. The zero-order chi connectivity index (χ0) is 16.8. The van der Waals surface area contributed by atoms with Gasteiger partial charge in [-0.1, -0.05) is 36.8 Å². The molecule has 2 rings (SSSR count). The quantitative estimate of drug-likeness (QED) is 0.485. The normalized spacial score (nSPS) is 11.6. The van der Waals surface area contributed by atoms with Gasteiger partial charge in [-0.15, -0.1) is 0 Å². The van der Waals surface area contributed by atoms with Crippen molar-refractivity contribution in [2.45, 2.75) is 26.3 Å². The third-order valence-corrected chi connectivity index (χ3v) is 3.75. The molecule has 6 heteroatoms. The Bertz CT molecular complexity index is 684. The average Bonchev–Trinajstić information content (AvgIpc) is 2.54. The number of aryl methyl sites for hydroxylation is 1. The second-order valence-corrected chi connectivity index (χ2v) is 5.68. The molecule has 0 aromatic heterocycles. The average molecular weight is 329 g/mol. The smallest absolute Gasteiger partial charge is 0.269 e. The Balaban J connectivity index is 1.99. The molecule has 2 N–H and O–H groups in total. The summed E-state index contributed by atoms with van der Waals surface area (Å²) in [5, 5.41) is 17.5. The van der Waals surface area contributed by atoms with Crippen molar-refractivity contribution in [1.82, 2.24) is 5.32 Å². The van der Waals surface area contributed by atoms with E-state index in [0.717, 1.165) is 6.42 Å². The molecule has 0 radical (unpaired) electrons. The molecule has 0 aliphatic carbocycles. The third-order valence-electron chi connectivity index (χ3n) is 3.53. The second kappa shape index (κ2) is 7.69. The highest BCUT2D eigenvalue weighted by atomic mass is 32.1. The summed E-state index contributed by atoms with van der Waals surface area (Å²) in [6, 6.07) is 14.6. The lowest BCUT2D eigenvalue weighted by atomic mass is 10.0. The van der Waals surface area contributed by atoms with Crippen LogP contribution < -0.4 is 10.6 Å². The van der Waals surface area contributed by atoms with Gasteiger partial charge in [-0.2, -0.15) is 0 Å². The van der Waals surface area contributed by atoms with Crippen molar-refractivity contribution >= 4 is 28.7 Å². The predicted octanol–water partition coefficient (Wildman–Crippen LogP) is 4.34. The SMILES string of the molecule is CC[C@H](NC(=S)Nc1ccc([N+](=O)[O-])cc1)c1ccc(C)cc1. The molecule has 0 spiro atoms. The molecule has 0 aliphatic heterocycles. The van der Waals surface area contributed by atoms with Gasteiger partial charge < -0.3 is 10.6 Å². The number of anilines is 1. The summed E-state index contributed by atoms with van der Waals surface area (Å²) in [4.78, 5) is 10.2. The Hall–Kier alpha value is -2.47. The van der Waals surface area contributed by atoms with Gasteiger partial charge in [0.25, 0.3) is 5.69 Å². The summed E-state index contributed by atoms with van der Waals surface area (Å²) >= 11 is 5.33. The Kier molecular flexibility index (Phi) is 5.65. The van der Waals surface area contributed by atoms with E-state index in [4.69, 9.17) is 12.2 Å². The summed E-state index contributed by atoms with van der Waals surface area (Å²) in [6.45, 7) is 4.14. The molecule has 0 bridgehead atoms. The maximum absolute atomic E-state index is 10.6. The third kappa shape index (κ3) is 4.75. The van der Waals surface area contributed by atoms with Gasteiger partial charge in [0.2, 0.25) is 0 Å². The van der Waals surface area contributed by atoms with Gasteiger partial charge in [0.05, 0.1) is 11.0 Å². The zero-order valence-corrected chi connectivity index (χ0v) is 13.9. The van der Waals surface area contributed by atoms with Gasteiger partial charge in [-0.25, -0.2) is 0 Å². The summed E-state index contributed by atoms with van der Waals surface area (Å²) in [7, 11) is 0. The number of nitrogens with zero attached hydrogens (tertiary/aromatic N) is 1. The molecule has 0 aliphatic rings. The summed E-state index contributed by atoms with van der Waals surface area (Å²) in [5.74, 6) is 0. The number of hydrogen-bond acceptors (Lipinski definition) is 3. The number of rotatable bonds is 5. The van der Waals surface area contributed by atoms with E-state index in [-0.39, 0.29) is 11.7 Å². The van der Waals surface area contributed by atoms with Gasteiger partial charge in [-0.3, -0.25) is 10.1 Å². The number of benzene rings is 2. The first-order chi connectivity index (χ1) is 11.0. The van der Waals surface area contributed by atoms with Gasteiger partial charge in [0.15, 0.2) is 5.11 Å². The first-order valence-electron chi connectivity index (χ1n) is 7.38. The second-order valence-electron chi connectivity index (χ2n) is 5.27. The minimum atomic E-state index is -0.426. The van der Waals surface area contributed by atoms with E-state index in [9.17, 15) is 10.1 Å². The van der Waals surface area contributed by atoms with E-state index in [1.807, 2.05) is 0 Å². The lowest BCUT2D eigenvalue weighted by molar-refractivity contribution is -0.384. The first-order valence-corrected chi connectivity index (χ1v) is 7.79. The van der Waals surface area contributed by atoms with E-state index in [2.05, 4.69) is 48.7 Å². The highest BCUT2D eigenvalue weighted by molar-refractivity contribution is 7.80. The van der Waals surface area contributed by atoms with Crippen molar-refractivity contribution in [3.05, 3.63) is 69.8 Å². The molecular weight excluding hydrogens is 310 g/mol. The molecule has 1 atom stereocenters. The Morgan fingerprint density at radius 2 is 1.78 bits per heavy atom. The van der Waals surface area contributed by atoms with Crippen LogP contribution in [0.3, 0.4) is 0 Å². The van der Waals surface area contributed by atoms with Crippen molar-refractivity contribution in [3.63, 3.8) is 0 Å². The number of nitro groups is 1. The van der Waals surface area contributed by atoms with Gasteiger partial charge in [0.1, 0.15) is 0 Å². The minimum absolute atomic E-state index is 0.0560. The molecule has 2 aromatic carbocycles. The molecule has 120 valence electrons. The van der Waals surface area contributed by atoms with Crippen LogP contribution in [0.25, 0.3) is 0 Å². The van der Waals surface area contributed by atoms with Gasteiger partial charge in [0, 0.05) is 17.8 Å². The number of nitro benzene ring substituents is 1. The molecule has 0 unspecified atom stereocenters. The number of thiocarbonyl (C=S) groups is 1. The lowest BCUT2D eigenvalue weighted by Crippen LogP contribution is -2.32. The fourth-order valence-corrected chi connectivity index (χ4v) is 2.47. The van der Waals surface area contributed by atoms with Crippen molar-refractivity contribution in [2.24, 2.45) is 0 Å². The highest BCUT2D eigenvalue weighted by Gasteiger charge is 2.11. The molecule has 0 amide bonds. The molecule has 2 aromatic rings. The molecule has 0 fully saturated rings. The Morgan fingerprint density at radius 1 is 1.17 bits per heavy atom. The molecule has 0 saturated carbocycles. The first kappa shape index (κ1) is 16.9. The van der Waals surface area contributed by atoms with Gasteiger partial charge >= 0.3 is 0 Å². The van der Waals surface area contributed by atoms with Crippen LogP contribution in [0, 0.1) is 17.0 Å².